The van der Waals surface area contributed by atoms with Gasteiger partial charge in [-0.15, -0.1) is 0 Å². The summed E-state index contributed by atoms with van der Waals surface area (Å²) in [6.07, 6.45) is 7.27. The van der Waals surface area contributed by atoms with Crippen LogP contribution < -0.4 is 5.63 Å². The molecule has 4 aromatic rings. The van der Waals surface area contributed by atoms with Gasteiger partial charge in [-0.2, -0.15) is 0 Å². The zero-order valence-electron chi connectivity index (χ0n) is 12.9. The molecule has 0 spiro atoms. The van der Waals surface area contributed by atoms with E-state index >= 15 is 0 Å². The summed E-state index contributed by atoms with van der Waals surface area (Å²) in [5, 5.41) is 0.978. The molecule has 0 N–H and O–H groups in total. The summed E-state index contributed by atoms with van der Waals surface area (Å²) >= 11 is 0. The quantitative estimate of drug-likeness (QED) is 0.498. The highest BCUT2D eigenvalue weighted by molar-refractivity contribution is 5.94. The van der Waals surface area contributed by atoms with Crippen molar-refractivity contribution in [3.63, 3.8) is 0 Å². The van der Waals surface area contributed by atoms with Gasteiger partial charge in [-0.05, 0) is 49.4 Å². The molecule has 118 valence electrons. The average molecular weight is 318 g/mol. The molecule has 0 bridgehead atoms. The molecule has 0 atom stereocenters. The van der Waals surface area contributed by atoms with Crippen LogP contribution >= 0.6 is 0 Å². The first-order valence-electron chi connectivity index (χ1n) is 8.09. The first kappa shape index (κ1) is 13.5. The highest BCUT2D eigenvalue weighted by Gasteiger charge is 2.19. The SMILES string of the molecule is O=c1oc2cc3oc(-c4ccncc4)nc3cc2c2c1CCCC2. The van der Waals surface area contributed by atoms with Crippen LogP contribution in [0.5, 0.6) is 0 Å². The molecule has 1 aromatic carbocycles. The molecule has 24 heavy (non-hydrogen) atoms. The molecule has 1 aliphatic carbocycles. The lowest BCUT2D eigenvalue weighted by Crippen LogP contribution is -2.15. The molecule has 0 saturated carbocycles. The largest absolute Gasteiger partial charge is 0.436 e. The van der Waals surface area contributed by atoms with Crippen LogP contribution in [-0.2, 0) is 12.8 Å². The van der Waals surface area contributed by atoms with E-state index in [9.17, 15) is 4.79 Å². The van der Waals surface area contributed by atoms with Crippen LogP contribution in [0.2, 0.25) is 0 Å². The number of hydrogen-bond acceptors (Lipinski definition) is 5. The third-order valence-corrected chi connectivity index (χ3v) is 4.66. The van der Waals surface area contributed by atoms with Crippen LogP contribution in [0.3, 0.4) is 0 Å². The number of aryl methyl sites for hydroxylation is 1. The van der Waals surface area contributed by atoms with Crippen LogP contribution in [0.25, 0.3) is 33.5 Å². The summed E-state index contributed by atoms with van der Waals surface area (Å²) in [7, 11) is 0. The van der Waals surface area contributed by atoms with E-state index in [1.165, 1.54) is 0 Å². The van der Waals surface area contributed by atoms with Gasteiger partial charge in [0.05, 0.1) is 0 Å². The number of aromatic nitrogens is 2. The molecule has 0 amide bonds. The zero-order valence-corrected chi connectivity index (χ0v) is 12.9. The Balaban J connectivity index is 1.79. The van der Waals surface area contributed by atoms with Crippen LogP contribution in [0.4, 0.5) is 0 Å². The average Bonchev–Trinajstić information content (AvgIpc) is 3.04. The van der Waals surface area contributed by atoms with Crippen molar-refractivity contribution in [1.82, 2.24) is 9.97 Å². The Hall–Kier alpha value is -2.95. The van der Waals surface area contributed by atoms with Gasteiger partial charge in [-0.25, -0.2) is 9.78 Å². The summed E-state index contributed by atoms with van der Waals surface area (Å²) in [5.74, 6) is 0.541. The normalized spacial score (nSPS) is 14.2. The minimum atomic E-state index is -0.217. The van der Waals surface area contributed by atoms with E-state index in [1.807, 2.05) is 18.2 Å². The van der Waals surface area contributed by atoms with E-state index in [-0.39, 0.29) is 5.63 Å². The van der Waals surface area contributed by atoms with Gasteiger partial charge < -0.3 is 8.83 Å². The van der Waals surface area contributed by atoms with Crippen LogP contribution in [0, 0.1) is 0 Å². The highest BCUT2D eigenvalue weighted by Crippen LogP contribution is 2.31. The second-order valence-electron chi connectivity index (χ2n) is 6.12. The second kappa shape index (κ2) is 5.03. The summed E-state index contributed by atoms with van der Waals surface area (Å²) in [6.45, 7) is 0. The Labute approximate surface area is 137 Å². The number of pyridine rings is 1. The minimum absolute atomic E-state index is 0.217. The summed E-state index contributed by atoms with van der Waals surface area (Å²) < 4.78 is 11.4. The predicted octanol–water partition coefficient (Wildman–Crippen LogP) is 3.88. The molecule has 5 nitrogen and oxygen atoms in total. The van der Waals surface area contributed by atoms with Gasteiger partial charge in [-0.3, -0.25) is 4.98 Å². The number of nitrogens with zero attached hydrogens (tertiary/aromatic N) is 2. The third kappa shape index (κ3) is 1.98. The fourth-order valence-electron chi connectivity index (χ4n) is 3.48. The van der Waals surface area contributed by atoms with Crippen molar-refractivity contribution in [3.05, 3.63) is 58.2 Å². The minimum Gasteiger partial charge on any atom is -0.436 e. The van der Waals surface area contributed by atoms with Crippen molar-refractivity contribution < 1.29 is 8.83 Å². The van der Waals surface area contributed by atoms with Crippen molar-refractivity contribution in [1.29, 1.82) is 0 Å². The lowest BCUT2D eigenvalue weighted by molar-refractivity contribution is 0.533. The molecular weight excluding hydrogens is 304 g/mol. The number of hydrogen-bond donors (Lipinski definition) is 0. The van der Waals surface area contributed by atoms with Gasteiger partial charge in [0.25, 0.3) is 0 Å². The Morgan fingerprint density at radius 1 is 0.917 bits per heavy atom. The maximum atomic E-state index is 12.2. The van der Waals surface area contributed by atoms with Crippen molar-refractivity contribution >= 4 is 22.1 Å². The molecule has 3 aromatic heterocycles. The standard InChI is InChI=1S/C19H14N2O3/c22-19-13-4-2-1-3-12(13)14-9-15-17(10-16(14)24-19)23-18(21-15)11-5-7-20-8-6-11/h5-10H,1-4H2. The van der Waals surface area contributed by atoms with Crippen molar-refractivity contribution in [2.75, 3.05) is 0 Å². The van der Waals surface area contributed by atoms with Gasteiger partial charge in [0.1, 0.15) is 11.1 Å². The van der Waals surface area contributed by atoms with Crippen LogP contribution in [-0.4, -0.2) is 9.97 Å². The topological polar surface area (TPSA) is 69.1 Å². The smallest absolute Gasteiger partial charge is 0.339 e. The molecule has 0 radical (unpaired) electrons. The Kier molecular flexibility index (Phi) is 2.82. The monoisotopic (exact) mass is 318 g/mol. The number of rotatable bonds is 1. The van der Waals surface area contributed by atoms with Gasteiger partial charge in [-0.1, -0.05) is 0 Å². The van der Waals surface area contributed by atoms with Gasteiger partial charge in [0.2, 0.25) is 5.89 Å². The molecule has 3 heterocycles. The van der Waals surface area contributed by atoms with Crippen LogP contribution in [0.1, 0.15) is 24.0 Å². The molecule has 0 unspecified atom stereocenters. The Morgan fingerprint density at radius 3 is 2.54 bits per heavy atom. The van der Waals surface area contributed by atoms with Crippen LogP contribution in [0.15, 0.2) is 50.3 Å². The molecule has 0 fully saturated rings. The van der Waals surface area contributed by atoms with Crippen molar-refractivity contribution in [2.45, 2.75) is 25.7 Å². The van der Waals surface area contributed by atoms with E-state index in [4.69, 9.17) is 8.83 Å². The van der Waals surface area contributed by atoms with E-state index < -0.39 is 0 Å². The molecular formula is C19H14N2O3. The fraction of sp³-hybridized carbons (Fsp3) is 0.211. The maximum Gasteiger partial charge on any atom is 0.339 e. The highest BCUT2D eigenvalue weighted by atomic mass is 16.4. The van der Waals surface area contributed by atoms with E-state index in [0.717, 1.165) is 53.3 Å². The van der Waals surface area contributed by atoms with E-state index in [2.05, 4.69) is 9.97 Å². The van der Waals surface area contributed by atoms with E-state index in [0.29, 0.717) is 17.1 Å². The summed E-state index contributed by atoms with van der Waals surface area (Å²) in [5.41, 5.74) is 4.56. The molecule has 0 aliphatic heterocycles. The predicted molar refractivity (Wildman–Crippen MR) is 89.9 cm³/mol. The van der Waals surface area contributed by atoms with Crippen molar-refractivity contribution in [3.8, 4) is 11.5 Å². The molecule has 0 saturated heterocycles. The molecule has 1 aliphatic rings. The summed E-state index contributed by atoms with van der Waals surface area (Å²) in [4.78, 5) is 20.8. The summed E-state index contributed by atoms with van der Waals surface area (Å²) in [6, 6.07) is 7.46. The maximum absolute atomic E-state index is 12.2. The van der Waals surface area contributed by atoms with Gasteiger partial charge in [0.15, 0.2) is 5.58 Å². The second-order valence-corrected chi connectivity index (χ2v) is 6.12. The van der Waals surface area contributed by atoms with Gasteiger partial charge >= 0.3 is 5.63 Å². The van der Waals surface area contributed by atoms with Crippen molar-refractivity contribution in [2.24, 2.45) is 0 Å². The lowest BCUT2D eigenvalue weighted by atomic mass is 9.90. The Bertz CT molecular complexity index is 1130. The molecule has 5 heteroatoms. The number of oxazole rings is 1. The first-order chi connectivity index (χ1) is 11.8. The third-order valence-electron chi connectivity index (χ3n) is 4.66. The zero-order chi connectivity index (χ0) is 16.1. The Morgan fingerprint density at radius 2 is 1.71 bits per heavy atom. The number of fused-ring (bicyclic) bond motifs is 4. The fourth-order valence-corrected chi connectivity index (χ4v) is 3.48. The van der Waals surface area contributed by atoms with Gasteiger partial charge in [0, 0.05) is 35.0 Å². The number of benzene rings is 1. The molecule has 5 rings (SSSR count). The van der Waals surface area contributed by atoms with E-state index in [1.54, 1.807) is 18.5 Å². The lowest BCUT2D eigenvalue weighted by Gasteiger charge is -2.15. The first-order valence-corrected chi connectivity index (χ1v) is 8.09.